The molecule has 170 valence electrons. The molecular formula is C21H28ClN3O6. The molecule has 0 fully saturated rings. The Bertz CT molecular complexity index is 918. The van der Waals surface area contributed by atoms with Gasteiger partial charge < -0.3 is 9.47 Å². The van der Waals surface area contributed by atoms with E-state index in [4.69, 9.17) is 25.9 Å². The van der Waals surface area contributed by atoms with Gasteiger partial charge in [-0.1, -0.05) is 23.7 Å². The molecule has 0 N–H and O–H groups in total. The first-order valence-electron chi connectivity index (χ1n) is 9.62. The number of amides is 2. The van der Waals surface area contributed by atoms with Crippen LogP contribution in [0.2, 0.25) is 5.02 Å². The molecule has 31 heavy (non-hydrogen) atoms. The highest BCUT2D eigenvalue weighted by molar-refractivity contribution is 6.31. The molecular weight excluding hydrogens is 426 g/mol. The Kier molecular flexibility index (Phi) is 6.61. The van der Waals surface area contributed by atoms with E-state index in [0.717, 1.165) is 5.01 Å². The minimum absolute atomic E-state index is 0.150. The van der Waals surface area contributed by atoms with Crippen LogP contribution in [0.1, 0.15) is 54.0 Å². The normalized spacial score (nSPS) is 19.1. The zero-order valence-corrected chi connectivity index (χ0v) is 19.7. The van der Waals surface area contributed by atoms with Crippen molar-refractivity contribution < 1.29 is 28.7 Å². The number of carbonyl (C=O) groups excluding carboxylic acids is 3. The van der Waals surface area contributed by atoms with Gasteiger partial charge in [-0.25, -0.2) is 14.6 Å². The molecule has 2 rings (SSSR count). The molecule has 1 aromatic rings. The maximum Gasteiger partial charge on any atom is 0.534 e. The number of hydrogen-bond acceptors (Lipinski definition) is 7. The van der Waals surface area contributed by atoms with Crippen molar-refractivity contribution in [2.75, 3.05) is 7.05 Å². The van der Waals surface area contributed by atoms with Crippen molar-refractivity contribution >= 4 is 35.5 Å². The van der Waals surface area contributed by atoms with Crippen LogP contribution in [-0.4, -0.2) is 57.7 Å². The second-order valence-corrected chi connectivity index (χ2v) is 9.63. The number of halogens is 1. The third kappa shape index (κ3) is 5.66. The lowest BCUT2D eigenvalue weighted by Gasteiger charge is -2.36. The van der Waals surface area contributed by atoms with Crippen molar-refractivity contribution in [1.82, 2.24) is 10.1 Å². The standard InChI is InChI=1S/C21H28ClN3O6/c1-19(2,3)29-17(27)25(31-18(28)30-20(4,5)6)21(7)15(23-24(8)16(21)26)13-10-9-11-14(22)12-13/h9-12H,1-8H3. The molecule has 9 nitrogen and oxygen atoms in total. The van der Waals surface area contributed by atoms with Crippen molar-refractivity contribution in [3.8, 4) is 0 Å². The van der Waals surface area contributed by atoms with Crippen molar-refractivity contribution in [3.05, 3.63) is 34.9 Å². The van der Waals surface area contributed by atoms with Gasteiger partial charge >= 0.3 is 12.2 Å². The van der Waals surface area contributed by atoms with Gasteiger partial charge in [0.05, 0.1) is 0 Å². The van der Waals surface area contributed by atoms with Gasteiger partial charge in [0.25, 0.3) is 5.91 Å². The van der Waals surface area contributed by atoms with E-state index in [1.54, 1.807) is 65.8 Å². The Balaban J connectivity index is 2.57. The predicted octanol–water partition coefficient (Wildman–Crippen LogP) is 4.38. The van der Waals surface area contributed by atoms with Crippen LogP contribution in [0.15, 0.2) is 29.4 Å². The minimum Gasteiger partial charge on any atom is -0.442 e. The minimum atomic E-state index is -1.83. The summed E-state index contributed by atoms with van der Waals surface area (Å²) in [6.07, 6.45) is -2.23. The third-order valence-electron chi connectivity index (χ3n) is 4.04. The summed E-state index contributed by atoms with van der Waals surface area (Å²) in [5, 5.41) is 6.31. The molecule has 1 atom stereocenters. The van der Waals surface area contributed by atoms with Crippen LogP contribution in [0.25, 0.3) is 0 Å². The summed E-state index contributed by atoms with van der Waals surface area (Å²) in [4.78, 5) is 43.9. The number of rotatable bonds is 2. The van der Waals surface area contributed by atoms with Gasteiger partial charge in [-0.2, -0.15) is 5.10 Å². The second kappa shape index (κ2) is 8.37. The lowest BCUT2D eigenvalue weighted by atomic mass is 9.90. The molecule has 2 amide bonds. The van der Waals surface area contributed by atoms with Crippen LogP contribution in [0.5, 0.6) is 0 Å². The highest BCUT2D eigenvalue weighted by Crippen LogP contribution is 2.33. The first-order valence-corrected chi connectivity index (χ1v) is 10.00. The quantitative estimate of drug-likeness (QED) is 0.487. The molecule has 0 saturated carbocycles. The van der Waals surface area contributed by atoms with Gasteiger partial charge in [0.15, 0.2) is 0 Å². The van der Waals surface area contributed by atoms with E-state index in [1.807, 2.05) is 0 Å². The van der Waals surface area contributed by atoms with Gasteiger partial charge in [-0.3, -0.25) is 9.63 Å². The van der Waals surface area contributed by atoms with E-state index in [0.29, 0.717) is 15.6 Å². The smallest absolute Gasteiger partial charge is 0.442 e. The molecule has 1 unspecified atom stereocenters. The van der Waals surface area contributed by atoms with E-state index in [9.17, 15) is 14.4 Å². The Morgan fingerprint density at radius 3 is 2.19 bits per heavy atom. The summed E-state index contributed by atoms with van der Waals surface area (Å²) < 4.78 is 10.6. The van der Waals surface area contributed by atoms with Crippen molar-refractivity contribution in [2.24, 2.45) is 5.10 Å². The number of hydrazone groups is 1. The van der Waals surface area contributed by atoms with Crippen LogP contribution < -0.4 is 0 Å². The number of hydrogen-bond donors (Lipinski definition) is 0. The molecule has 10 heteroatoms. The zero-order valence-electron chi connectivity index (χ0n) is 19.0. The summed E-state index contributed by atoms with van der Waals surface area (Å²) in [6, 6.07) is 6.60. The van der Waals surface area contributed by atoms with Gasteiger partial charge in [0.1, 0.15) is 16.9 Å². The van der Waals surface area contributed by atoms with Gasteiger partial charge in [0.2, 0.25) is 5.54 Å². The number of benzene rings is 1. The lowest BCUT2D eigenvalue weighted by Crippen LogP contribution is -2.61. The Hall–Kier alpha value is -2.81. The van der Waals surface area contributed by atoms with E-state index < -0.39 is 34.9 Å². The monoisotopic (exact) mass is 453 g/mol. The van der Waals surface area contributed by atoms with Crippen LogP contribution in [0.3, 0.4) is 0 Å². The summed E-state index contributed by atoms with van der Waals surface area (Å²) in [5.41, 5.74) is -3.04. The SMILES string of the molecule is CN1N=C(c2cccc(Cl)c2)C(C)(N(OC(=O)OC(C)(C)C)C(=O)OC(C)(C)C)C1=O. The van der Waals surface area contributed by atoms with E-state index in [-0.39, 0.29) is 5.71 Å². The van der Waals surface area contributed by atoms with Crippen LogP contribution in [0, 0.1) is 0 Å². The largest absolute Gasteiger partial charge is 0.534 e. The Labute approximate surface area is 186 Å². The molecule has 0 bridgehead atoms. The Morgan fingerprint density at radius 2 is 1.68 bits per heavy atom. The number of nitrogens with zero attached hydrogens (tertiary/aromatic N) is 3. The third-order valence-corrected chi connectivity index (χ3v) is 4.28. The zero-order chi connectivity index (χ0) is 23.8. The van der Waals surface area contributed by atoms with E-state index in [2.05, 4.69) is 5.10 Å². The van der Waals surface area contributed by atoms with Crippen LogP contribution in [0.4, 0.5) is 9.59 Å². The average Bonchev–Trinajstić information content (AvgIpc) is 2.81. The molecule has 0 aromatic heterocycles. The molecule has 0 radical (unpaired) electrons. The van der Waals surface area contributed by atoms with Gasteiger partial charge in [0, 0.05) is 17.6 Å². The summed E-state index contributed by atoms with van der Waals surface area (Å²) >= 11 is 6.11. The first-order chi connectivity index (χ1) is 14.0. The number of hydroxylamine groups is 2. The molecule has 1 aliphatic heterocycles. The number of likely N-dealkylation sites (N-methyl/N-ethyl adjacent to an activating group) is 1. The second-order valence-electron chi connectivity index (χ2n) is 9.19. The molecule has 1 aliphatic rings. The van der Waals surface area contributed by atoms with Gasteiger partial charge in [-0.05, 0) is 60.6 Å². The molecule has 1 heterocycles. The molecule has 0 aliphatic carbocycles. The van der Waals surface area contributed by atoms with Crippen molar-refractivity contribution in [1.29, 1.82) is 0 Å². The highest BCUT2D eigenvalue weighted by atomic mass is 35.5. The topological polar surface area (TPSA) is 97.7 Å². The van der Waals surface area contributed by atoms with Crippen molar-refractivity contribution in [3.63, 3.8) is 0 Å². The first kappa shape index (κ1) is 24.5. The van der Waals surface area contributed by atoms with Crippen LogP contribution in [-0.2, 0) is 19.1 Å². The average molecular weight is 454 g/mol. The van der Waals surface area contributed by atoms with Gasteiger partial charge in [-0.15, -0.1) is 5.06 Å². The number of ether oxygens (including phenoxy) is 2. The van der Waals surface area contributed by atoms with Crippen LogP contribution >= 0.6 is 11.6 Å². The highest BCUT2D eigenvalue weighted by Gasteiger charge is 2.57. The summed E-state index contributed by atoms with van der Waals surface area (Å²) in [7, 11) is 1.43. The fraction of sp³-hybridized carbons (Fsp3) is 0.524. The maximum absolute atomic E-state index is 13.2. The molecule has 0 spiro atoms. The summed E-state index contributed by atoms with van der Waals surface area (Å²) in [5.74, 6) is -0.614. The fourth-order valence-electron chi connectivity index (χ4n) is 2.82. The molecule has 1 aromatic carbocycles. The maximum atomic E-state index is 13.2. The molecule has 0 saturated heterocycles. The summed E-state index contributed by atoms with van der Waals surface area (Å²) in [6.45, 7) is 11.3. The number of carbonyl (C=O) groups is 3. The Morgan fingerprint density at radius 1 is 1.10 bits per heavy atom. The van der Waals surface area contributed by atoms with Crippen molar-refractivity contribution in [2.45, 2.75) is 65.2 Å². The predicted molar refractivity (Wildman–Crippen MR) is 115 cm³/mol. The fourth-order valence-corrected chi connectivity index (χ4v) is 3.01. The lowest BCUT2D eigenvalue weighted by molar-refractivity contribution is -0.176. The van der Waals surface area contributed by atoms with E-state index in [1.165, 1.54) is 14.0 Å². The van der Waals surface area contributed by atoms with E-state index >= 15 is 0 Å².